The van der Waals surface area contributed by atoms with Crippen molar-refractivity contribution in [3.8, 4) is 11.1 Å². The number of fused-ring (bicyclic) bond motifs is 1. The number of hydrogen-bond acceptors (Lipinski definition) is 4. The molecule has 0 saturated heterocycles. The Kier molecular flexibility index (Phi) is 5.30. The third kappa shape index (κ3) is 3.86. The van der Waals surface area contributed by atoms with Crippen LogP contribution >= 0.6 is 0 Å². The van der Waals surface area contributed by atoms with E-state index in [0.717, 1.165) is 47.0 Å². The first kappa shape index (κ1) is 19.1. The maximum Gasteiger partial charge on any atom is 0.254 e. The molecule has 0 spiro atoms. The predicted molar refractivity (Wildman–Crippen MR) is 116 cm³/mol. The lowest BCUT2D eigenvalue weighted by Crippen LogP contribution is -2.38. The molecule has 1 amide bonds. The summed E-state index contributed by atoms with van der Waals surface area (Å²) in [6.45, 7) is 6.12. The fraction of sp³-hybridized carbons (Fsp3) is 0.292. The number of hydrogen-bond donors (Lipinski definition) is 0. The van der Waals surface area contributed by atoms with Crippen LogP contribution in [0.4, 0.5) is 5.82 Å². The molecule has 2 heterocycles. The summed E-state index contributed by atoms with van der Waals surface area (Å²) in [7, 11) is 2.03. The summed E-state index contributed by atoms with van der Waals surface area (Å²) in [5.74, 6) is 1.78. The topological polar surface area (TPSA) is 49.3 Å². The summed E-state index contributed by atoms with van der Waals surface area (Å²) in [5, 5.41) is 0. The monoisotopic (exact) mass is 386 g/mol. The van der Waals surface area contributed by atoms with E-state index in [0.29, 0.717) is 18.7 Å². The highest BCUT2D eigenvalue weighted by Gasteiger charge is 2.26. The summed E-state index contributed by atoms with van der Waals surface area (Å²) in [5.41, 5.74) is 5.11. The Hall–Kier alpha value is -3.21. The molecule has 0 saturated carbocycles. The maximum atomic E-state index is 13.1. The molecule has 0 radical (unpaired) electrons. The lowest BCUT2D eigenvalue weighted by atomic mass is 10.0. The average Bonchev–Trinajstić information content (AvgIpc) is 2.78. The number of anilines is 1. The van der Waals surface area contributed by atoms with Gasteiger partial charge < -0.3 is 9.80 Å². The van der Waals surface area contributed by atoms with Crippen molar-refractivity contribution < 1.29 is 4.79 Å². The zero-order chi connectivity index (χ0) is 20.4. The van der Waals surface area contributed by atoms with Crippen LogP contribution in [-0.4, -0.2) is 40.9 Å². The normalized spacial score (nSPS) is 13.1. The van der Waals surface area contributed by atoms with E-state index < -0.39 is 0 Å². The quantitative estimate of drug-likeness (QED) is 0.677. The second-order valence-corrected chi connectivity index (χ2v) is 7.45. The zero-order valence-corrected chi connectivity index (χ0v) is 17.2. The van der Waals surface area contributed by atoms with Crippen molar-refractivity contribution in [1.29, 1.82) is 0 Å². The molecule has 1 aromatic heterocycles. The van der Waals surface area contributed by atoms with Crippen LogP contribution in [0.1, 0.15) is 34.4 Å². The minimum atomic E-state index is 0.0564. The first-order chi connectivity index (χ1) is 14.1. The number of carbonyl (C=O) groups excluding carboxylic acids is 1. The Labute approximate surface area is 172 Å². The van der Waals surface area contributed by atoms with Crippen LogP contribution in [0.2, 0.25) is 0 Å². The standard InChI is InChI=1S/C24H26N4O/c1-4-27(3)23-21-16-28(15-14-22(21)25-17(2)26-23)24(29)20-12-10-19(11-13-20)18-8-6-5-7-9-18/h5-13H,4,14-16H2,1-3H3. The van der Waals surface area contributed by atoms with E-state index in [1.807, 2.05) is 61.3 Å². The first-order valence-corrected chi connectivity index (χ1v) is 10.1. The highest BCUT2D eigenvalue weighted by atomic mass is 16.2. The maximum absolute atomic E-state index is 13.1. The van der Waals surface area contributed by atoms with Crippen molar-refractivity contribution in [2.45, 2.75) is 26.8 Å². The van der Waals surface area contributed by atoms with Gasteiger partial charge in [-0.3, -0.25) is 4.79 Å². The molecule has 0 aliphatic carbocycles. The summed E-state index contributed by atoms with van der Waals surface area (Å²) < 4.78 is 0. The molecule has 2 aromatic carbocycles. The Morgan fingerprint density at radius 2 is 1.72 bits per heavy atom. The van der Waals surface area contributed by atoms with Crippen LogP contribution in [-0.2, 0) is 13.0 Å². The molecule has 5 heteroatoms. The van der Waals surface area contributed by atoms with Gasteiger partial charge >= 0.3 is 0 Å². The molecule has 5 nitrogen and oxygen atoms in total. The van der Waals surface area contributed by atoms with Gasteiger partial charge in [-0.15, -0.1) is 0 Å². The van der Waals surface area contributed by atoms with E-state index in [9.17, 15) is 4.79 Å². The highest BCUT2D eigenvalue weighted by molar-refractivity contribution is 5.95. The first-order valence-electron chi connectivity index (χ1n) is 10.1. The largest absolute Gasteiger partial charge is 0.360 e. The van der Waals surface area contributed by atoms with Gasteiger partial charge in [0.15, 0.2) is 0 Å². The molecule has 1 aliphatic rings. The van der Waals surface area contributed by atoms with Gasteiger partial charge in [-0.25, -0.2) is 9.97 Å². The fourth-order valence-electron chi connectivity index (χ4n) is 3.77. The van der Waals surface area contributed by atoms with Gasteiger partial charge in [-0.05, 0) is 37.1 Å². The number of amides is 1. The van der Waals surface area contributed by atoms with Crippen molar-refractivity contribution in [3.63, 3.8) is 0 Å². The van der Waals surface area contributed by atoms with Gasteiger partial charge in [0.2, 0.25) is 0 Å². The number of carbonyl (C=O) groups is 1. The molecule has 0 atom stereocenters. The van der Waals surface area contributed by atoms with Gasteiger partial charge in [0.1, 0.15) is 11.6 Å². The molecule has 0 N–H and O–H groups in total. The molecule has 0 bridgehead atoms. The molecule has 0 unspecified atom stereocenters. The summed E-state index contributed by atoms with van der Waals surface area (Å²) in [6, 6.07) is 18.1. The van der Waals surface area contributed by atoms with Gasteiger partial charge in [0, 0.05) is 37.7 Å². The Balaban J connectivity index is 1.57. The Morgan fingerprint density at radius 1 is 1.03 bits per heavy atom. The van der Waals surface area contributed by atoms with Crippen molar-refractivity contribution in [2.24, 2.45) is 0 Å². The third-order valence-corrected chi connectivity index (χ3v) is 5.51. The van der Waals surface area contributed by atoms with E-state index in [1.54, 1.807) is 0 Å². The molecule has 29 heavy (non-hydrogen) atoms. The second kappa shape index (κ2) is 8.03. The predicted octanol–water partition coefficient (Wildman–Crippen LogP) is 4.11. The van der Waals surface area contributed by atoms with Crippen LogP contribution in [0.3, 0.4) is 0 Å². The summed E-state index contributed by atoms with van der Waals surface area (Å²) >= 11 is 0. The number of nitrogens with zero attached hydrogens (tertiary/aromatic N) is 4. The van der Waals surface area contributed by atoms with Crippen molar-refractivity contribution in [1.82, 2.24) is 14.9 Å². The Morgan fingerprint density at radius 3 is 2.41 bits per heavy atom. The lowest BCUT2D eigenvalue weighted by molar-refractivity contribution is 0.0733. The third-order valence-electron chi connectivity index (χ3n) is 5.51. The van der Waals surface area contributed by atoms with Crippen molar-refractivity contribution in [2.75, 3.05) is 25.0 Å². The molecule has 1 aliphatic heterocycles. The van der Waals surface area contributed by atoms with Crippen LogP contribution in [0.5, 0.6) is 0 Å². The van der Waals surface area contributed by atoms with Crippen LogP contribution in [0, 0.1) is 6.92 Å². The van der Waals surface area contributed by atoms with Gasteiger partial charge in [-0.1, -0.05) is 42.5 Å². The molecular formula is C24H26N4O. The van der Waals surface area contributed by atoms with Crippen LogP contribution in [0.25, 0.3) is 11.1 Å². The number of aromatic nitrogens is 2. The minimum Gasteiger partial charge on any atom is -0.360 e. The fourth-order valence-corrected chi connectivity index (χ4v) is 3.77. The van der Waals surface area contributed by atoms with Gasteiger partial charge in [0.25, 0.3) is 5.91 Å². The average molecular weight is 386 g/mol. The molecular weight excluding hydrogens is 360 g/mol. The summed E-state index contributed by atoms with van der Waals surface area (Å²) in [6.07, 6.45) is 0.761. The van der Waals surface area contributed by atoms with E-state index >= 15 is 0 Å². The van der Waals surface area contributed by atoms with E-state index in [2.05, 4.69) is 33.9 Å². The summed E-state index contributed by atoms with van der Waals surface area (Å²) in [4.78, 5) is 26.4. The van der Waals surface area contributed by atoms with Crippen molar-refractivity contribution >= 4 is 11.7 Å². The van der Waals surface area contributed by atoms with E-state index in [4.69, 9.17) is 0 Å². The highest BCUT2D eigenvalue weighted by Crippen LogP contribution is 2.27. The van der Waals surface area contributed by atoms with E-state index in [-0.39, 0.29) is 5.91 Å². The van der Waals surface area contributed by atoms with Crippen LogP contribution < -0.4 is 4.90 Å². The minimum absolute atomic E-state index is 0.0564. The second-order valence-electron chi connectivity index (χ2n) is 7.45. The number of rotatable bonds is 4. The van der Waals surface area contributed by atoms with Gasteiger partial charge in [-0.2, -0.15) is 0 Å². The van der Waals surface area contributed by atoms with Crippen molar-refractivity contribution in [3.05, 3.63) is 77.2 Å². The zero-order valence-electron chi connectivity index (χ0n) is 17.2. The SMILES string of the molecule is CCN(C)c1nc(C)nc2c1CN(C(=O)c1ccc(-c3ccccc3)cc1)CC2. The molecule has 148 valence electrons. The van der Waals surface area contributed by atoms with E-state index in [1.165, 1.54) is 0 Å². The van der Waals surface area contributed by atoms with Gasteiger partial charge in [0.05, 0.1) is 12.2 Å². The number of benzene rings is 2. The van der Waals surface area contributed by atoms with Crippen LogP contribution in [0.15, 0.2) is 54.6 Å². The smallest absolute Gasteiger partial charge is 0.254 e. The molecule has 3 aromatic rings. The number of aryl methyl sites for hydroxylation is 1. The lowest BCUT2D eigenvalue weighted by Gasteiger charge is -2.31. The molecule has 0 fully saturated rings. The molecule has 4 rings (SSSR count). The Bertz CT molecular complexity index is 1020.